The molecular weight excluding hydrogens is 475 g/mol. The maximum absolute atomic E-state index is 13.5. The van der Waals surface area contributed by atoms with Crippen LogP contribution in [0, 0.1) is 5.82 Å². The summed E-state index contributed by atoms with van der Waals surface area (Å²) in [5.74, 6) is -0.381. The van der Waals surface area contributed by atoms with E-state index in [2.05, 4.69) is 10.8 Å². The number of nitrogens with zero attached hydrogens (tertiary/aromatic N) is 1. The summed E-state index contributed by atoms with van der Waals surface area (Å²) in [7, 11) is -7.64. The lowest BCUT2D eigenvalue weighted by Crippen LogP contribution is -2.33. The number of allylic oxidation sites excluding steroid dienone is 1. The standard InChI is InChI=1S/C25H33FN2O4S2/c1-3-20(2)27-33(29,30)24-13-15-25(16-14-24)34(31,32)28(18-17-21-7-5-4-6-8-21)19-22-9-11-23(26)12-10-22/h7,9-16,20,27H,3-6,8,17-19H2,1-2H3/t20-/m1/s1. The minimum absolute atomic E-state index is 0.0178. The predicted octanol–water partition coefficient (Wildman–Crippen LogP) is 4.98. The molecule has 1 N–H and O–H groups in total. The molecule has 0 amide bonds. The van der Waals surface area contributed by atoms with Crippen molar-refractivity contribution < 1.29 is 21.2 Å². The molecule has 34 heavy (non-hydrogen) atoms. The van der Waals surface area contributed by atoms with Gasteiger partial charge in [-0.1, -0.05) is 30.7 Å². The van der Waals surface area contributed by atoms with Gasteiger partial charge in [0.05, 0.1) is 9.79 Å². The van der Waals surface area contributed by atoms with Gasteiger partial charge in [-0.2, -0.15) is 4.31 Å². The van der Waals surface area contributed by atoms with Crippen LogP contribution in [0.4, 0.5) is 4.39 Å². The second kappa shape index (κ2) is 11.6. The fraction of sp³-hybridized carbons (Fsp3) is 0.440. The van der Waals surface area contributed by atoms with Crippen molar-refractivity contribution in [3.63, 3.8) is 0 Å². The minimum atomic E-state index is -3.90. The molecule has 0 aliphatic heterocycles. The Labute approximate surface area is 203 Å². The molecule has 3 rings (SSSR count). The first kappa shape index (κ1) is 26.5. The largest absolute Gasteiger partial charge is 0.243 e. The van der Waals surface area contributed by atoms with Crippen LogP contribution in [-0.2, 0) is 26.6 Å². The van der Waals surface area contributed by atoms with Crippen LogP contribution in [0.2, 0.25) is 0 Å². The summed E-state index contributed by atoms with van der Waals surface area (Å²) >= 11 is 0. The quantitative estimate of drug-likeness (QED) is 0.434. The Bertz CT molecular complexity index is 1190. The van der Waals surface area contributed by atoms with Gasteiger partial charge >= 0.3 is 0 Å². The molecule has 0 heterocycles. The first-order chi connectivity index (χ1) is 16.1. The van der Waals surface area contributed by atoms with Gasteiger partial charge in [0.1, 0.15) is 5.82 Å². The lowest BCUT2D eigenvalue weighted by atomic mass is 9.97. The molecule has 0 fully saturated rings. The van der Waals surface area contributed by atoms with E-state index in [-0.39, 0.29) is 28.2 Å². The molecule has 0 aromatic heterocycles. The molecule has 186 valence electrons. The van der Waals surface area contributed by atoms with Crippen LogP contribution in [0.1, 0.15) is 57.9 Å². The van der Waals surface area contributed by atoms with Crippen molar-refractivity contribution in [2.24, 2.45) is 0 Å². The Morgan fingerprint density at radius 3 is 2.21 bits per heavy atom. The zero-order valence-corrected chi connectivity index (χ0v) is 21.3. The summed E-state index contributed by atoms with van der Waals surface area (Å²) in [6, 6.07) is 10.8. The monoisotopic (exact) mass is 508 g/mol. The first-order valence-corrected chi connectivity index (χ1v) is 14.6. The third-order valence-electron chi connectivity index (χ3n) is 6.08. The smallest absolute Gasteiger partial charge is 0.208 e. The Morgan fingerprint density at radius 2 is 1.62 bits per heavy atom. The molecule has 2 aromatic rings. The van der Waals surface area contributed by atoms with Crippen molar-refractivity contribution in [1.82, 2.24) is 9.03 Å². The summed E-state index contributed by atoms with van der Waals surface area (Å²) in [5, 5.41) is 0. The lowest BCUT2D eigenvalue weighted by molar-refractivity contribution is 0.405. The predicted molar refractivity (Wildman–Crippen MR) is 132 cm³/mol. The summed E-state index contributed by atoms with van der Waals surface area (Å²) in [5.41, 5.74) is 1.93. The highest BCUT2D eigenvalue weighted by molar-refractivity contribution is 7.89. The average Bonchev–Trinajstić information content (AvgIpc) is 2.83. The number of hydrogen-bond acceptors (Lipinski definition) is 4. The lowest BCUT2D eigenvalue weighted by Gasteiger charge is -2.24. The van der Waals surface area contributed by atoms with Gasteiger partial charge in [-0.15, -0.1) is 0 Å². The first-order valence-electron chi connectivity index (χ1n) is 11.7. The molecular formula is C25H33FN2O4S2. The van der Waals surface area contributed by atoms with Gasteiger partial charge in [0, 0.05) is 19.1 Å². The molecule has 6 nitrogen and oxygen atoms in total. The normalized spacial score (nSPS) is 15.8. The summed E-state index contributed by atoms with van der Waals surface area (Å²) in [6.45, 7) is 4.04. The number of halogens is 1. The van der Waals surface area contributed by atoms with Crippen molar-refractivity contribution in [3.05, 3.63) is 71.6 Å². The fourth-order valence-electron chi connectivity index (χ4n) is 3.83. The second-order valence-electron chi connectivity index (χ2n) is 8.73. The molecule has 1 aliphatic rings. The number of nitrogens with one attached hydrogen (secondary N) is 1. The van der Waals surface area contributed by atoms with Gasteiger partial charge in [-0.3, -0.25) is 0 Å². The van der Waals surface area contributed by atoms with Crippen LogP contribution in [-0.4, -0.2) is 33.7 Å². The number of benzene rings is 2. The van der Waals surface area contributed by atoms with E-state index in [0.717, 1.165) is 25.7 Å². The Hall–Kier alpha value is -2.07. The van der Waals surface area contributed by atoms with E-state index in [1.165, 1.54) is 46.3 Å². The SMILES string of the molecule is CC[C@@H](C)NS(=O)(=O)c1ccc(S(=O)(=O)N(CCC2=CCCCC2)Cc2ccc(F)cc2)cc1. The van der Waals surface area contributed by atoms with Gasteiger partial charge in [0.25, 0.3) is 0 Å². The molecule has 0 spiro atoms. The Morgan fingerprint density at radius 1 is 0.971 bits per heavy atom. The summed E-state index contributed by atoms with van der Waals surface area (Å²) in [4.78, 5) is 0.0407. The van der Waals surface area contributed by atoms with Crippen LogP contribution in [0.15, 0.2) is 70.0 Å². The third kappa shape index (κ3) is 6.97. The van der Waals surface area contributed by atoms with Gasteiger partial charge in [0.2, 0.25) is 20.0 Å². The highest BCUT2D eigenvalue weighted by Gasteiger charge is 2.26. The molecule has 1 aliphatic carbocycles. The Kier molecular flexibility index (Phi) is 9.03. The van der Waals surface area contributed by atoms with E-state index in [1.54, 1.807) is 19.1 Å². The summed E-state index contributed by atoms with van der Waals surface area (Å²) < 4.78 is 69.4. The zero-order valence-electron chi connectivity index (χ0n) is 19.7. The number of rotatable bonds is 11. The van der Waals surface area contributed by atoms with Crippen LogP contribution >= 0.6 is 0 Å². The summed E-state index contributed by atoms with van der Waals surface area (Å²) in [6.07, 6.45) is 7.71. The van der Waals surface area contributed by atoms with E-state index in [4.69, 9.17) is 0 Å². The van der Waals surface area contributed by atoms with Crippen LogP contribution in [0.25, 0.3) is 0 Å². The third-order valence-corrected chi connectivity index (χ3v) is 9.54. The van der Waals surface area contributed by atoms with Crippen LogP contribution < -0.4 is 4.72 Å². The van der Waals surface area contributed by atoms with Crippen molar-refractivity contribution >= 4 is 20.0 Å². The highest BCUT2D eigenvalue weighted by atomic mass is 32.2. The maximum Gasteiger partial charge on any atom is 0.243 e. The fourth-order valence-corrected chi connectivity index (χ4v) is 6.59. The highest BCUT2D eigenvalue weighted by Crippen LogP contribution is 2.25. The number of sulfonamides is 2. The van der Waals surface area contributed by atoms with Crippen molar-refractivity contribution in [3.8, 4) is 0 Å². The maximum atomic E-state index is 13.5. The van der Waals surface area contributed by atoms with E-state index in [1.807, 2.05) is 6.92 Å². The van der Waals surface area contributed by atoms with Crippen molar-refractivity contribution in [1.29, 1.82) is 0 Å². The van der Waals surface area contributed by atoms with Crippen LogP contribution in [0.3, 0.4) is 0 Å². The molecule has 9 heteroatoms. The van der Waals surface area contributed by atoms with Gasteiger partial charge < -0.3 is 0 Å². The van der Waals surface area contributed by atoms with Crippen molar-refractivity contribution in [2.75, 3.05) is 6.54 Å². The molecule has 0 unspecified atom stereocenters. The van der Waals surface area contributed by atoms with E-state index < -0.39 is 20.0 Å². The average molecular weight is 509 g/mol. The molecule has 0 bridgehead atoms. The molecule has 2 aromatic carbocycles. The Balaban J connectivity index is 1.85. The van der Waals surface area contributed by atoms with Gasteiger partial charge in [0.15, 0.2) is 0 Å². The second-order valence-corrected chi connectivity index (χ2v) is 12.4. The topological polar surface area (TPSA) is 83.5 Å². The van der Waals surface area contributed by atoms with E-state index in [9.17, 15) is 21.2 Å². The molecule has 0 saturated carbocycles. The van der Waals surface area contributed by atoms with E-state index >= 15 is 0 Å². The number of hydrogen-bond donors (Lipinski definition) is 1. The van der Waals surface area contributed by atoms with Gasteiger partial charge in [-0.25, -0.2) is 25.9 Å². The molecule has 0 saturated heterocycles. The van der Waals surface area contributed by atoms with Crippen LogP contribution in [0.5, 0.6) is 0 Å². The van der Waals surface area contributed by atoms with Crippen molar-refractivity contribution in [2.45, 2.75) is 74.7 Å². The minimum Gasteiger partial charge on any atom is -0.208 e. The van der Waals surface area contributed by atoms with Gasteiger partial charge in [-0.05, 0) is 87.4 Å². The molecule has 1 atom stereocenters. The molecule has 0 radical (unpaired) electrons. The zero-order chi connectivity index (χ0) is 24.8. The van der Waals surface area contributed by atoms with E-state index in [0.29, 0.717) is 24.9 Å².